The first kappa shape index (κ1) is 17.1. The van der Waals surface area contributed by atoms with Crippen LogP contribution in [-0.2, 0) is 0 Å². The minimum atomic E-state index is 0.290. The molecule has 0 amide bonds. The molecule has 4 nitrogen and oxygen atoms in total. The molecule has 0 saturated carbocycles. The Morgan fingerprint density at radius 3 is 2.55 bits per heavy atom. The number of nitrogen functional groups attached to an aromatic ring is 1. The molecule has 2 rings (SSSR count). The quantitative estimate of drug-likeness (QED) is 0.751. The number of nitrogens with one attached hydrogen (secondary N) is 1. The number of halogens is 1. The minimum Gasteiger partial charge on any atom is -0.400 e. The number of hydrogen-bond donors (Lipinski definition) is 3. The first-order valence-electron chi connectivity index (χ1n) is 7.06. The molecule has 0 spiro atoms. The molecule has 20 heavy (non-hydrogen) atoms. The molecule has 1 aromatic rings. The van der Waals surface area contributed by atoms with E-state index in [1.807, 2.05) is 18.2 Å². The highest BCUT2D eigenvalue weighted by atomic mass is 35.5. The third-order valence-electron chi connectivity index (χ3n) is 3.75. The van der Waals surface area contributed by atoms with Gasteiger partial charge < -0.3 is 16.2 Å². The lowest BCUT2D eigenvalue weighted by Gasteiger charge is -2.35. The molecule has 1 saturated heterocycles. The fourth-order valence-corrected chi connectivity index (χ4v) is 2.56. The van der Waals surface area contributed by atoms with Crippen molar-refractivity contribution < 1.29 is 5.11 Å². The van der Waals surface area contributed by atoms with Crippen molar-refractivity contribution in [2.24, 2.45) is 5.92 Å². The number of rotatable bonds is 3. The van der Waals surface area contributed by atoms with Crippen LogP contribution in [0.5, 0.6) is 0 Å². The number of benzene rings is 1. The smallest absolute Gasteiger partial charge is 0.0765 e. The van der Waals surface area contributed by atoms with E-state index in [-0.39, 0.29) is 0 Å². The van der Waals surface area contributed by atoms with Crippen molar-refractivity contribution in [2.45, 2.75) is 32.9 Å². The van der Waals surface area contributed by atoms with Crippen LogP contribution in [0.3, 0.4) is 0 Å². The number of likely N-dealkylation sites (tertiary alicyclic amines) is 1. The van der Waals surface area contributed by atoms with Crippen molar-refractivity contribution in [2.75, 3.05) is 31.2 Å². The number of aliphatic hydroxyl groups is 1. The maximum absolute atomic E-state index is 7.00. The molecule has 5 heteroatoms. The Bertz CT molecular complexity index is 406. The first-order valence-corrected chi connectivity index (χ1v) is 7.44. The van der Waals surface area contributed by atoms with Crippen LogP contribution < -0.4 is 11.1 Å². The Labute approximate surface area is 126 Å². The van der Waals surface area contributed by atoms with Crippen LogP contribution in [0.4, 0.5) is 11.4 Å². The predicted octanol–water partition coefficient (Wildman–Crippen LogP) is 3.02. The molecule has 0 radical (unpaired) electrons. The Balaban J connectivity index is 0.000000956. The van der Waals surface area contributed by atoms with Crippen molar-refractivity contribution in [3.63, 3.8) is 0 Å². The average molecular weight is 300 g/mol. The third-order valence-corrected chi connectivity index (χ3v) is 3.98. The van der Waals surface area contributed by atoms with Gasteiger partial charge in [0, 0.05) is 25.2 Å². The van der Waals surface area contributed by atoms with Crippen LogP contribution in [0.25, 0.3) is 0 Å². The Morgan fingerprint density at radius 1 is 1.35 bits per heavy atom. The van der Waals surface area contributed by atoms with Crippen LogP contribution in [0, 0.1) is 5.92 Å². The second-order valence-electron chi connectivity index (χ2n) is 5.27. The van der Waals surface area contributed by atoms with Crippen molar-refractivity contribution in [3.8, 4) is 0 Å². The number of nitrogens with two attached hydrogens (primary N) is 1. The topological polar surface area (TPSA) is 61.5 Å². The zero-order chi connectivity index (χ0) is 15.1. The van der Waals surface area contributed by atoms with Gasteiger partial charge in [-0.3, -0.25) is 4.90 Å². The van der Waals surface area contributed by atoms with Gasteiger partial charge in [-0.05, 0) is 43.9 Å². The number of hydrogen-bond acceptors (Lipinski definition) is 4. The zero-order valence-corrected chi connectivity index (χ0v) is 13.3. The van der Waals surface area contributed by atoms with Gasteiger partial charge in [0.1, 0.15) is 0 Å². The van der Waals surface area contributed by atoms with E-state index < -0.39 is 0 Å². The summed E-state index contributed by atoms with van der Waals surface area (Å²) in [6, 6.07) is 5.55. The highest BCUT2D eigenvalue weighted by Gasteiger charge is 2.20. The van der Waals surface area contributed by atoms with Crippen molar-refractivity contribution in [1.82, 2.24) is 4.90 Å². The van der Waals surface area contributed by atoms with E-state index in [1.165, 1.54) is 12.8 Å². The zero-order valence-electron chi connectivity index (χ0n) is 12.6. The molecule has 1 aromatic carbocycles. The van der Waals surface area contributed by atoms with Crippen LogP contribution in [0.2, 0.25) is 5.02 Å². The molecule has 0 aromatic heterocycles. The summed E-state index contributed by atoms with van der Waals surface area (Å²) in [5, 5.41) is 11.2. The van der Waals surface area contributed by atoms with Gasteiger partial charge in [-0.25, -0.2) is 0 Å². The average Bonchev–Trinajstić information content (AvgIpc) is 2.46. The third kappa shape index (κ3) is 4.85. The summed E-state index contributed by atoms with van der Waals surface area (Å²) in [7, 11) is 1.00. The fraction of sp³-hybridized carbons (Fsp3) is 0.600. The Kier molecular flexibility index (Phi) is 7.13. The fourth-order valence-electron chi connectivity index (χ4n) is 2.39. The van der Waals surface area contributed by atoms with E-state index in [0.717, 1.165) is 37.5 Å². The molecule has 1 atom stereocenters. The van der Waals surface area contributed by atoms with Gasteiger partial charge in [-0.2, -0.15) is 0 Å². The number of nitrogens with zero attached hydrogens (tertiary/aromatic N) is 1. The summed E-state index contributed by atoms with van der Waals surface area (Å²) in [6.07, 6.45) is 2.84. The van der Waals surface area contributed by atoms with Gasteiger partial charge in [-0.15, -0.1) is 0 Å². The molecule has 1 heterocycles. The minimum absolute atomic E-state index is 0.290. The van der Waals surface area contributed by atoms with Gasteiger partial charge >= 0.3 is 0 Å². The van der Waals surface area contributed by atoms with Gasteiger partial charge in [0.25, 0.3) is 0 Å². The summed E-state index contributed by atoms with van der Waals surface area (Å²) in [5.74, 6) is 0.852. The van der Waals surface area contributed by atoms with E-state index in [1.54, 1.807) is 0 Å². The first-order chi connectivity index (χ1) is 9.56. The maximum atomic E-state index is 7.00. The highest BCUT2D eigenvalue weighted by molar-refractivity contribution is 6.31. The van der Waals surface area contributed by atoms with E-state index in [4.69, 9.17) is 22.4 Å². The molecule has 4 N–H and O–H groups in total. The lowest BCUT2D eigenvalue weighted by Crippen LogP contribution is -2.43. The predicted molar refractivity (Wildman–Crippen MR) is 87.1 cm³/mol. The Hall–Kier alpha value is -0.970. The van der Waals surface area contributed by atoms with E-state index in [2.05, 4.69) is 24.1 Å². The monoisotopic (exact) mass is 299 g/mol. The van der Waals surface area contributed by atoms with E-state index in [9.17, 15) is 0 Å². The van der Waals surface area contributed by atoms with E-state index >= 15 is 0 Å². The molecule has 1 aliphatic rings. The van der Waals surface area contributed by atoms with Crippen LogP contribution in [0.1, 0.15) is 26.7 Å². The summed E-state index contributed by atoms with van der Waals surface area (Å²) < 4.78 is 0. The van der Waals surface area contributed by atoms with Crippen molar-refractivity contribution >= 4 is 23.0 Å². The maximum Gasteiger partial charge on any atom is 0.0765 e. The molecule has 1 unspecified atom stereocenters. The van der Waals surface area contributed by atoms with Crippen LogP contribution in [-0.4, -0.2) is 36.4 Å². The van der Waals surface area contributed by atoms with Crippen molar-refractivity contribution in [1.29, 1.82) is 0 Å². The van der Waals surface area contributed by atoms with Crippen LogP contribution >= 0.6 is 11.6 Å². The second kappa shape index (κ2) is 8.35. The van der Waals surface area contributed by atoms with Gasteiger partial charge in [-0.1, -0.05) is 18.5 Å². The molecule has 0 aliphatic carbocycles. The highest BCUT2D eigenvalue weighted by Crippen LogP contribution is 2.25. The summed E-state index contributed by atoms with van der Waals surface area (Å²) >= 11 is 6.00. The summed E-state index contributed by atoms with van der Waals surface area (Å²) in [5.41, 5.74) is 7.62. The number of piperidine rings is 1. The van der Waals surface area contributed by atoms with Gasteiger partial charge in [0.15, 0.2) is 0 Å². The van der Waals surface area contributed by atoms with E-state index in [0.29, 0.717) is 11.2 Å². The molecular weight excluding hydrogens is 274 g/mol. The van der Waals surface area contributed by atoms with Crippen molar-refractivity contribution in [3.05, 3.63) is 23.2 Å². The lowest BCUT2D eigenvalue weighted by atomic mass is 9.99. The van der Waals surface area contributed by atoms with Gasteiger partial charge in [0.05, 0.1) is 17.5 Å². The Morgan fingerprint density at radius 2 is 1.95 bits per heavy atom. The number of anilines is 2. The van der Waals surface area contributed by atoms with Gasteiger partial charge in [0.2, 0.25) is 0 Å². The standard InChI is InChI=1S/C14H22ClN3.CH4O/c1-10-5-7-18(8-6-10)11(2)17-14-9-12(15)3-4-13(14)16;1-2/h3-4,9-11,17H,5-8,16H2,1-2H3;2H,1H3. The SMILES string of the molecule is CC1CCN(C(C)Nc2cc(Cl)ccc2N)CC1.CO. The normalized spacial score (nSPS) is 18.1. The molecule has 114 valence electrons. The molecule has 1 aliphatic heterocycles. The molecular formula is C15H26ClN3O. The molecule has 0 bridgehead atoms. The van der Waals surface area contributed by atoms with Crippen LogP contribution in [0.15, 0.2) is 18.2 Å². The number of aliphatic hydroxyl groups excluding tert-OH is 1. The summed E-state index contributed by atoms with van der Waals surface area (Å²) in [6.45, 7) is 6.80. The lowest BCUT2D eigenvalue weighted by molar-refractivity contribution is 0.160. The second-order valence-corrected chi connectivity index (χ2v) is 5.71. The summed E-state index contributed by atoms with van der Waals surface area (Å²) in [4.78, 5) is 2.46. The molecule has 1 fully saturated rings. The largest absolute Gasteiger partial charge is 0.400 e.